The molecule has 0 saturated heterocycles. The molecule has 1 amide bonds. The summed E-state index contributed by atoms with van der Waals surface area (Å²) in [5, 5.41) is 50.7. The van der Waals surface area contributed by atoms with E-state index in [0.717, 1.165) is 7.11 Å². The molecule has 33 heavy (non-hydrogen) atoms. The number of aromatic nitrogens is 1. The van der Waals surface area contributed by atoms with Crippen LogP contribution in [-0.4, -0.2) is 86.6 Å². The molecule has 2 rings (SSSR count). The lowest BCUT2D eigenvalue weighted by Gasteiger charge is -2.25. The lowest BCUT2D eigenvalue weighted by molar-refractivity contribution is -0.210. The van der Waals surface area contributed by atoms with Crippen molar-refractivity contribution in [1.29, 1.82) is 0 Å². The molecule has 0 saturated carbocycles. The number of amides is 1. The number of methoxy groups -OCH3 is 1. The fraction of sp³-hybridized carbons (Fsp3) is 0.300. The number of hydrogen-bond acceptors (Lipinski definition) is 10. The van der Waals surface area contributed by atoms with E-state index >= 15 is 0 Å². The highest BCUT2D eigenvalue weighted by atomic mass is 35.5. The third-order valence-electron chi connectivity index (χ3n) is 4.34. The summed E-state index contributed by atoms with van der Waals surface area (Å²) in [4.78, 5) is 38.8. The number of nitrogens with zero attached hydrogens (tertiary/aromatic N) is 1. The molecule has 4 atom stereocenters. The van der Waals surface area contributed by atoms with E-state index in [2.05, 4.69) is 19.8 Å². The Morgan fingerprint density at radius 2 is 1.82 bits per heavy atom. The second-order valence-electron chi connectivity index (χ2n) is 6.64. The van der Waals surface area contributed by atoms with Crippen LogP contribution >= 0.6 is 11.6 Å². The number of halogens is 1. The number of rotatable bonds is 10. The fourth-order valence-corrected chi connectivity index (χ4v) is 2.86. The van der Waals surface area contributed by atoms with Gasteiger partial charge in [0.1, 0.15) is 24.5 Å². The highest BCUT2D eigenvalue weighted by Crippen LogP contribution is 2.26. The summed E-state index contributed by atoms with van der Waals surface area (Å²) in [7, 11) is 0.952. The molecule has 0 radical (unpaired) electrons. The minimum atomic E-state index is -2.31. The number of nitrogens with one attached hydrogen (secondary N) is 1. The fourth-order valence-electron chi connectivity index (χ4n) is 2.67. The summed E-state index contributed by atoms with van der Waals surface area (Å²) >= 11 is 5.93. The summed E-state index contributed by atoms with van der Waals surface area (Å²) in [5.41, 5.74) is 0.737. The Morgan fingerprint density at radius 3 is 2.39 bits per heavy atom. The molecular formula is C20H21ClN2O10. The topological polar surface area (TPSA) is 196 Å². The van der Waals surface area contributed by atoms with Gasteiger partial charge in [0.05, 0.1) is 0 Å². The van der Waals surface area contributed by atoms with Crippen molar-refractivity contribution < 1.29 is 49.4 Å². The molecule has 0 aliphatic rings. The van der Waals surface area contributed by atoms with Crippen molar-refractivity contribution in [3.8, 4) is 16.9 Å². The smallest absolute Gasteiger partial charge is 0.335 e. The van der Waals surface area contributed by atoms with Crippen LogP contribution in [0.3, 0.4) is 0 Å². The maximum absolute atomic E-state index is 12.2. The monoisotopic (exact) mass is 484 g/mol. The first kappa shape index (κ1) is 26.0. The first-order chi connectivity index (χ1) is 15.5. The SMILES string of the molecule is COC(C(=O)O)C(O)C(O)[C@@H](O)OC(=O)CNC(=O)c1ncc(-c2cccc(Cl)c2)cc1O. The second-order valence-corrected chi connectivity index (χ2v) is 7.08. The van der Waals surface area contributed by atoms with Crippen LogP contribution in [-0.2, 0) is 19.1 Å². The zero-order valence-corrected chi connectivity index (χ0v) is 17.8. The van der Waals surface area contributed by atoms with E-state index in [-0.39, 0.29) is 0 Å². The number of benzene rings is 1. The predicted molar refractivity (Wildman–Crippen MR) is 111 cm³/mol. The normalized spacial score (nSPS) is 14.6. The molecule has 12 nitrogen and oxygen atoms in total. The quantitative estimate of drug-likeness (QED) is 0.188. The molecule has 0 spiro atoms. The standard InChI is InChI=1S/C20H21ClN2O10/c1-32-17(19(29)30)15(26)16(27)20(31)33-13(25)8-23-18(28)14-12(24)6-10(7-22-14)9-3-2-4-11(21)5-9/h2-7,15-17,20,24,26-27,31H,8H2,1H3,(H,23,28)(H,29,30)/t15?,16?,17?,20-/m0/s1. The van der Waals surface area contributed by atoms with Crippen LogP contribution in [0.1, 0.15) is 10.5 Å². The zero-order valence-electron chi connectivity index (χ0n) is 17.1. The molecule has 178 valence electrons. The molecule has 6 N–H and O–H groups in total. The largest absolute Gasteiger partial charge is 0.505 e. The molecular weight excluding hydrogens is 464 g/mol. The van der Waals surface area contributed by atoms with Crippen molar-refractivity contribution in [2.24, 2.45) is 0 Å². The molecule has 0 bridgehead atoms. The third-order valence-corrected chi connectivity index (χ3v) is 4.57. The lowest BCUT2D eigenvalue weighted by atomic mass is 10.1. The minimum Gasteiger partial charge on any atom is -0.505 e. The highest BCUT2D eigenvalue weighted by molar-refractivity contribution is 6.30. The van der Waals surface area contributed by atoms with E-state index in [9.17, 15) is 34.8 Å². The molecule has 0 fully saturated rings. The summed E-state index contributed by atoms with van der Waals surface area (Å²) in [6.45, 7) is -0.803. The maximum atomic E-state index is 12.2. The van der Waals surface area contributed by atoms with E-state index in [4.69, 9.17) is 16.7 Å². The van der Waals surface area contributed by atoms with Crippen molar-refractivity contribution in [3.63, 3.8) is 0 Å². The highest BCUT2D eigenvalue weighted by Gasteiger charge is 2.37. The Bertz CT molecular complexity index is 1020. The van der Waals surface area contributed by atoms with Gasteiger partial charge in [-0.3, -0.25) is 9.59 Å². The molecule has 1 aromatic heterocycles. The third kappa shape index (κ3) is 6.84. The Balaban J connectivity index is 1.94. The van der Waals surface area contributed by atoms with Crippen LogP contribution in [0.4, 0.5) is 0 Å². The number of ether oxygens (including phenoxy) is 2. The van der Waals surface area contributed by atoms with Gasteiger partial charge in [0.2, 0.25) is 6.29 Å². The van der Waals surface area contributed by atoms with Crippen LogP contribution in [0.15, 0.2) is 36.5 Å². The Morgan fingerprint density at radius 1 is 1.12 bits per heavy atom. The number of aliphatic hydroxyl groups excluding tert-OH is 3. The number of aromatic hydroxyl groups is 1. The average molecular weight is 485 g/mol. The van der Waals surface area contributed by atoms with E-state index in [1.54, 1.807) is 24.3 Å². The van der Waals surface area contributed by atoms with Gasteiger partial charge in [-0.05, 0) is 23.8 Å². The molecule has 0 aliphatic carbocycles. The molecule has 13 heteroatoms. The summed E-state index contributed by atoms with van der Waals surface area (Å²) in [5.74, 6) is -4.27. The number of carboxylic acid groups (broad SMARTS) is 1. The zero-order chi connectivity index (χ0) is 24.7. The van der Waals surface area contributed by atoms with Crippen molar-refractivity contribution in [2.75, 3.05) is 13.7 Å². The van der Waals surface area contributed by atoms with Gasteiger partial charge in [0.25, 0.3) is 5.91 Å². The van der Waals surface area contributed by atoms with Gasteiger partial charge in [0.15, 0.2) is 11.8 Å². The molecule has 3 unspecified atom stereocenters. The number of carbonyl (C=O) groups is 3. The van der Waals surface area contributed by atoms with Crippen molar-refractivity contribution in [2.45, 2.75) is 24.6 Å². The molecule has 0 aliphatic heterocycles. The number of carbonyl (C=O) groups excluding carboxylic acids is 2. The van der Waals surface area contributed by atoms with Gasteiger partial charge in [-0.2, -0.15) is 0 Å². The van der Waals surface area contributed by atoms with Crippen molar-refractivity contribution >= 4 is 29.4 Å². The second kappa shape index (κ2) is 11.5. The average Bonchev–Trinajstić information content (AvgIpc) is 2.76. The first-order valence-electron chi connectivity index (χ1n) is 9.27. The van der Waals surface area contributed by atoms with Crippen LogP contribution in [0.25, 0.3) is 11.1 Å². The van der Waals surface area contributed by atoms with E-state index in [1.807, 2.05) is 0 Å². The number of carboxylic acids is 1. The molecule has 2 aromatic rings. The first-order valence-corrected chi connectivity index (χ1v) is 9.65. The van der Waals surface area contributed by atoms with Gasteiger partial charge >= 0.3 is 11.9 Å². The van der Waals surface area contributed by atoms with Crippen molar-refractivity contribution in [3.05, 3.63) is 47.2 Å². The van der Waals surface area contributed by atoms with Gasteiger partial charge in [-0.15, -0.1) is 0 Å². The minimum absolute atomic E-state index is 0.394. The molecule has 1 aromatic carbocycles. The van der Waals surface area contributed by atoms with Crippen LogP contribution < -0.4 is 5.32 Å². The lowest BCUT2D eigenvalue weighted by Crippen LogP contribution is -2.50. The number of hydrogen-bond donors (Lipinski definition) is 6. The summed E-state index contributed by atoms with van der Waals surface area (Å²) in [6.07, 6.45) is -7.23. The molecule has 1 heterocycles. The van der Waals surface area contributed by atoms with Crippen LogP contribution in [0.5, 0.6) is 5.75 Å². The van der Waals surface area contributed by atoms with E-state index < -0.39 is 60.4 Å². The van der Waals surface area contributed by atoms with Gasteiger partial charge in [0, 0.05) is 23.9 Å². The van der Waals surface area contributed by atoms with E-state index in [1.165, 1.54) is 12.3 Å². The predicted octanol–water partition coefficient (Wildman–Crippen LogP) is -0.480. The Labute approximate surface area is 192 Å². The number of esters is 1. The summed E-state index contributed by atoms with van der Waals surface area (Å²) in [6, 6.07) is 8.00. The Kier molecular flexibility index (Phi) is 9.08. The Hall–Kier alpha value is -3.29. The van der Waals surface area contributed by atoms with Gasteiger partial charge in [-0.25, -0.2) is 9.78 Å². The van der Waals surface area contributed by atoms with Crippen LogP contribution in [0.2, 0.25) is 5.02 Å². The number of aliphatic carboxylic acids is 1. The van der Waals surface area contributed by atoms with Crippen molar-refractivity contribution in [1.82, 2.24) is 10.3 Å². The van der Waals surface area contributed by atoms with Gasteiger partial charge < -0.3 is 40.3 Å². The maximum Gasteiger partial charge on any atom is 0.335 e. The summed E-state index contributed by atoms with van der Waals surface area (Å²) < 4.78 is 8.94. The van der Waals surface area contributed by atoms with Crippen LogP contribution in [0, 0.1) is 0 Å². The van der Waals surface area contributed by atoms with Gasteiger partial charge in [-0.1, -0.05) is 23.7 Å². The number of aliphatic hydroxyl groups is 3. The van der Waals surface area contributed by atoms with E-state index in [0.29, 0.717) is 16.1 Å². The number of pyridine rings is 1.